The van der Waals surface area contributed by atoms with Gasteiger partial charge in [0.25, 0.3) is 0 Å². The van der Waals surface area contributed by atoms with E-state index in [0.29, 0.717) is 0 Å². The third-order valence-corrected chi connectivity index (χ3v) is 3.37. The van der Waals surface area contributed by atoms with Crippen LogP contribution in [-0.4, -0.2) is 19.5 Å². The standard InChI is InChI=1S/C12H14N4S/c1-9(2)10-7-15-12(16(10)3)17-8-11-13-5-4-6-14-11/h4-7H,1,8H2,2-3H3. The van der Waals surface area contributed by atoms with Gasteiger partial charge < -0.3 is 4.57 Å². The molecule has 5 heteroatoms. The zero-order chi connectivity index (χ0) is 12.3. The number of imidazole rings is 1. The molecule has 0 aromatic carbocycles. The lowest BCUT2D eigenvalue weighted by molar-refractivity contribution is 0.779. The fourth-order valence-electron chi connectivity index (χ4n) is 1.46. The minimum absolute atomic E-state index is 0.724. The van der Waals surface area contributed by atoms with E-state index in [-0.39, 0.29) is 0 Å². The number of hydrogen-bond acceptors (Lipinski definition) is 4. The lowest BCUT2D eigenvalue weighted by Gasteiger charge is -2.04. The topological polar surface area (TPSA) is 43.6 Å². The summed E-state index contributed by atoms with van der Waals surface area (Å²) in [6, 6.07) is 1.81. The van der Waals surface area contributed by atoms with Gasteiger partial charge in [0.2, 0.25) is 0 Å². The Morgan fingerprint density at radius 3 is 2.65 bits per heavy atom. The van der Waals surface area contributed by atoms with Crippen LogP contribution >= 0.6 is 11.8 Å². The van der Waals surface area contributed by atoms with Crippen LogP contribution in [0.2, 0.25) is 0 Å². The molecule has 0 saturated carbocycles. The van der Waals surface area contributed by atoms with Crippen molar-refractivity contribution in [2.75, 3.05) is 0 Å². The van der Waals surface area contributed by atoms with Gasteiger partial charge in [-0.15, -0.1) is 0 Å². The zero-order valence-electron chi connectivity index (χ0n) is 9.92. The van der Waals surface area contributed by atoms with Gasteiger partial charge in [0.05, 0.1) is 17.6 Å². The molecule has 0 saturated heterocycles. The summed E-state index contributed by atoms with van der Waals surface area (Å²) in [6.45, 7) is 5.90. The van der Waals surface area contributed by atoms with Gasteiger partial charge in [-0.05, 0) is 18.6 Å². The summed E-state index contributed by atoms with van der Waals surface area (Å²) in [5.41, 5.74) is 2.07. The summed E-state index contributed by atoms with van der Waals surface area (Å²) < 4.78 is 2.04. The fourth-order valence-corrected chi connectivity index (χ4v) is 2.28. The molecule has 0 radical (unpaired) electrons. The average Bonchev–Trinajstić information content (AvgIpc) is 2.69. The van der Waals surface area contributed by atoms with Crippen LogP contribution in [0.5, 0.6) is 0 Å². The van der Waals surface area contributed by atoms with Crippen molar-refractivity contribution in [2.45, 2.75) is 17.8 Å². The van der Waals surface area contributed by atoms with Crippen LogP contribution in [0.3, 0.4) is 0 Å². The maximum Gasteiger partial charge on any atom is 0.168 e. The smallest absolute Gasteiger partial charge is 0.168 e. The second-order valence-corrected chi connectivity index (χ2v) is 4.66. The maximum atomic E-state index is 4.36. The van der Waals surface area contributed by atoms with Crippen molar-refractivity contribution < 1.29 is 0 Å². The van der Waals surface area contributed by atoms with E-state index in [1.807, 2.05) is 30.8 Å². The predicted molar refractivity (Wildman–Crippen MR) is 69.5 cm³/mol. The van der Waals surface area contributed by atoms with Crippen molar-refractivity contribution in [1.82, 2.24) is 19.5 Å². The molecule has 0 N–H and O–H groups in total. The van der Waals surface area contributed by atoms with Crippen molar-refractivity contribution >= 4 is 17.3 Å². The van der Waals surface area contributed by atoms with Gasteiger partial charge >= 0.3 is 0 Å². The molecule has 2 aromatic heterocycles. The number of hydrogen-bond donors (Lipinski definition) is 0. The molecular weight excluding hydrogens is 232 g/mol. The summed E-state index contributed by atoms with van der Waals surface area (Å²) in [6.07, 6.45) is 5.35. The Kier molecular flexibility index (Phi) is 3.58. The Balaban J connectivity index is 2.07. The van der Waals surface area contributed by atoms with Gasteiger partial charge in [0.1, 0.15) is 5.82 Å². The Morgan fingerprint density at radius 2 is 2.06 bits per heavy atom. The first-order valence-corrected chi connectivity index (χ1v) is 6.23. The van der Waals surface area contributed by atoms with Crippen LogP contribution in [0.1, 0.15) is 18.4 Å². The molecule has 4 nitrogen and oxygen atoms in total. The van der Waals surface area contributed by atoms with E-state index < -0.39 is 0 Å². The van der Waals surface area contributed by atoms with Crippen LogP contribution in [0.15, 0.2) is 36.4 Å². The van der Waals surface area contributed by atoms with Crippen LogP contribution in [0.25, 0.3) is 5.57 Å². The summed E-state index contributed by atoms with van der Waals surface area (Å²) >= 11 is 1.62. The second-order valence-electron chi connectivity index (χ2n) is 3.72. The summed E-state index contributed by atoms with van der Waals surface area (Å²) in [7, 11) is 1.99. The van der Waals surface area contributed by atoms with Gasteiger partial charge in [-0.25, -0.2) is 15.0 Å². The highest BCUT2D eigenvalue weighted by Gasteiger charge is 2.08. The maximum absolute atomic E-state index is 4.36. The first-order valence-electron chi connectivity index (χ1n) is 5.25. The van der Waals surface area contributed by atoms with Crippen molar-refractivity contribution in [3.63, 3.8) is 0 Å². The lowest BCUT2D eigenvalue weighted by atomic mass is 10.3. The van der Waals surface area contributed by atoms with E-state index in [2.05, 4.69) is 21.5 Å². The van der Waals surface area contributed by atoms with Crippen LogP contribution in [-0.2, 0) is 12.8 Å². The summed E-state index contributed by atoms with van der Waals surface area (Å²) in [5, 5.41) is 0.954. The van der Waals surface area contributed by atoms with Crippen LogP contribution in [0.4, 0.5) is 0 Å². The molecule has 0 unspecified atom stereocenters. The highest BCUT2D eigenvalue weighted by molar-refractivity contribution is 7.98. The molecule has 17 heavy (non-hydrogen) atoms. The lowest BCUT2D eigenvalue weighted by Crippen LogP contribution is -1.97. The molecule has 0 amide bonds. The molecule has 0 aliphatic heterocycles. The van der Waals surface area contributed by atoms with Gasteiger partial charge in [-0.2, -0.15) is 0 Å². The predicted octanol–water partition coefficient (Wildman–Crippen LogP) is 2.54. The largest absolute Gasteiger partial charge is 0.322 e. The van der Waals surface area contributed by atoms with E-state index >= 15 is 0 Å². The normalized spacial score (nSPS) is 10.5. The first-order chi connectivity index (χ1) is 8.18. The van der Waals surface area contributed by atoms with E-state index in [0.717, 1.165) is 28.0 Å². The summed E-state index contributed by atoms with van der Waals surface area (Å²) in [4.78, 5) is 12.7. The minimum atomic E-state index is 0.724. The number of rotatable bonds is 4. The molecule has 0 fully saturated rings. The van der Waals surface area contributed by atoms with E-state index in [9.17, 15) is 0 Å². The number of allylic oxidation sites excluding steroid dienone is 1. The van der Waals surface area contributed by atoms with Gasteiger partial charge in [-0.1, -0.05) is 18.3 Å². The third kappa shape index (κ3) is 2.74. The Labute approximate surface area is 105 Å². The summed E-state index contributed by atoms with van der Waals surface area (Å²) in [5.74, 6) is 1.54. The van der Waals surface area contributed by atoms with Gasteiger partial charge in [0, 0.05) is 19.4 Å². The molecule has 0 aliphatic rings. The van der Waals surface area contributed by atoms with Crippen molar-refractivity contribution in [3.05, 3.63) is 42.8 Å². The number of aromatic nitrogens is 4. The van der Waals surface area contributed by atoms with E-state index in [4.69, 9.17) is 0 Å². The number of nitrogens with zero attached hydrogens (tertiary/aromatic N) is 4. The molecule has 0 spiro atoms. The number of thioether (sulfide) groups is 1. The molecule has 0 bridgehead atoms. The van der Waals surface area contributed by atoms with Crippen molar-refractivity contribution in [2.24, 2.45) is 7.05 Å². The van der Waals surface area contributed by atoms with Crippen molar-refractivity contribution in [3.8, 4) is 0 Å². The third-order valence-electron chi connectivity index (χ3n) is 2.33. The highest BCUT2D eigenvalue weighted by atomic mass is 32.2. The zero-order valence-corrected chi connectivity index (χ0v) is 10.7. The second kappa shape index (κ2) is 5.14. The quantitative estimate of drug-likeness (QED) is 0.778. The molecule has 2 heterocycles. The monoisotopic (exact) mass is 246 g/mol. The molecular formula is C12H14N4S. The van der Waals surface area contributed by atoms with Gasteiger partial charge in [0.15, 0.2) is 5.16 Å². The van der Waals surface area contributed by atoms with Crippen LogP contribution in [0, 0.1) is 0 Å². The molecule has 88 valence electrons. The van der Waals surface area contributed by atoms with Gasteiger partial charge in [-0.3, -0.25) is 0 Å². The Morgan fingerprint density at radius 1 is 1.35 bits per heavy atom. The van der Waals surface area contributed by atoms with E-state index in [1.165, 1.54) is 0 Å². The molecule has 2 rings (SSSR count). The molecule has 0 atom stereocenters. The molecule has 0 aliphatic carbocycles. The Bertz CT molecular complexity index is 519. The fraction of sp³-hybridized carbons (Fsp3) is 0.250. The van der Waals surface area contributed by atoms with Crippen LogP contribution < -0.4 is 0 Å². The van der Waals surface area contributed by atoms with Crippen molar-refractivity contribution in [1.29, 1.82) is 0 Å². The first kappa shape index (κ1) is 11.9. The SMILES string of the molecule is C=C(C)c1cnc(SCc2ncccn2)n1C. The molecule has 2 aromatic rings. The Hall–Kier alpha value is -1.62. The highest BCUT2D eigenvalue weighted by Crippen LogP contribution is 2.22. The minimum Gasteiger partial charge on any atom is -0.322 e. The van der Waals surface area contributed by atoms with E-state index in [1.54, 1.807) is 24.2 Å². The average molecular weight is 246 g/mol.